The van der Waals surface area contributed by atoms with Crippen LogP contribution in [0.2, 0.25) is 0 Å². The third-order valence-electron chi connectivity index (χ3n) is 0.594. The maximum atomic E-state index is 10.7. The molecule has 0 spiro atoms. The predicted octanol–water partition coefficient (Wildman–Crippen LogP) is -0.300. The number of nitrogens with one attached hydrogen (secondary N) is 1. The first-order valence-electron chi connectivity index (χ1n) is 1.91. The van der Waals surface area contributed by atoms with Crippen molar-refractivity contribution < 1.29 is 4.21 Å². The zero-order chi connectivity index (χ0) is 6.62. The highest BCUT2D eigenvalue weighted by Gasteiger charge is 1.90. The predicted molar refractivity (Wildman–Crippen MR) is 31.2 cm³/mol. The Morgan fingerprint density at radius 3 is 2.50 bits per heavy atom. The van der Waals surface area contributed by atoms with Gasteiger partial charge in [-0.3, -0.25) is 0 Å². The third-order valence-corrected chi connectivity index (χ3v) is 1.78. The molecule has 0 heterocycles. The van der Waals surface area contributed by atoms with E-state index in [4.69, 9.17) is 5.26 Å². The first-order chi connectivity index (χ1) is 3.62. The first kappa shape index (κ1) is 7.40. The standard InChI is InChI=1S/C3H7N3OS/c1-5-8(2,7)6-3-4/h1-2H3,(H,5,6,7). The van der Waals surface area contributed by atoms with Gasteiger partial charge in [0, 0.05) is 6.26 Å². The molecule has 0 aliphatic carbocycles. The van der Waals surface area contributed by atoms with Gasteiger partial charge in [-0.1, -0.05) is 0 Å². The highest BCUT2D eigenvalue weighted by Crippen LogP contribution is 1.77. The fourth-order valence-corrected chi connectivity index (χ4v) is 0.371. The number of hydrogen-bond donors (Lipinski definition) is 1. The molecule has 8 heavy (non-hydrogen) atoms. The topological polar surface area (TPSA) is 65.2 Å². The molecule has 4 nitrogen and oxygen atoms in total. The lowest BCUT2D eigenvalue weighted by molar-refractivity contribution is 0.675. The Hall–Kier alpha value is -0.600. The Balaban J connectivity index is 4.43. The average Bonchev–Trinajstić information content (AvgIpc) is 1.67. The van der Waals surface area contributed by atoms with Crippen LogP contribution in [0.3, 0.4) is 0 Å². The van der Waals surface area contributed by atoms with Crippen LogP contribution in [-0.4, -0.2) is 17.5 Å². The second kappa shape index (κ2) is 2.64. The van der Waals surface area contributed by atoms with Gasteiger partial charge in [0.2, 0.25) is 6.19 Å². The SMILES string of the molecule is CNS(C)(=O)=NC#N. The number of nitriles is 1. The Bertz CT molecular complexity index is 207. The minimum atomic E-state index is -2.41. The van der Waals surface area contributed by atoms with Gasteiger partial charge in [-0.25, -0.2) is 8.93 Å². The molecule has 1 N–H and O–H groups in total. The maximum Gasteiger partial charge on any atom is 0.215 e. The van der Waals surface area contributed by atoms with Crippen LogP contribution in [-0.2, 0) is 9.92 Å². The molecule has 0 aliphatic rings. The molecule has 0 aromatic rings. The molecule has 1 atom stereocenters. The lowest BCUT2D eigenvalue weighted by Gasteiger charge is -1.92. The van der Waals surface area contributed by atoms with Gasteiger partial charge in [0.1, 0.15) is 9.92 Å². The zero-order valence-electron chi connectivity index (χ0n) is 4.71. The molecule has 0 rings (SSSR count). The molecular weight excluding hydrogens is 126 g/mol. The van der Waals surface area contributed by atoms with E-state index in [0.717, 1.165) is 0 Å². The van der Waals surface area contributed by atoms with E-state index in [-0.39, 0.29) is 0 Å². The van der Waals surface area contributed by atoms with Crippen molar-refractivity contribution in [2.24, 2.45) is 4.36 Å². The summed E-state index contributed by atoms with van der Waals surface area (Å²) in [6.07, 6.45) is 2.80. The van der Waals surface area contributed by atoms with Crippen LogP contribution in [0.1, 0.15) is 0 Å². The van der Waals surface area contributed by atoms with Crippen molar-refractivity contribution >= 4 is 9.92 Å². The molecular formula is C3H7N3OS. The average molecular weight is 133 g/mol. The molecule has 0 saturated carbocycles. The zero-order valence-corrected chi connectivity index (χ0v) is 5.53. The number of hydrogen-bond acceptors (Lipinski definition) is 3. The summed E-state index contributed by atoms with van der Waals surface area (Å²) in [6, 6.07) is 0. The molecule has 0 radical (unpaired) electrons. The number of rotatable bonds is 1. The second-order valence-corrected chi connectivity index (χ2v) is 3.39. The Labute approximate surface area is 48.8 Å². The largest absolute Gasteiger partial charge is 0.234 e. The Morgan fingerprint density at radius 1 is 1.88 bits per heavy atom. The van der Waals surface area contributed by atoms with Crippen molar-refractivity contribution in [1.82, 2.24) is 4.72 Å². The van der Waals surface area contributed by atoms with Gasteiger partial charge in [-0.05, 0) is 7.05 Å². The quantitative estimate of drug-likeness (QED) is 0.499. The fraction of sp³-hybridized carbons (Fsp3) is 0.667. The number of nitrogens with zero attached hydrogens (tertiary/aromatic N) is 2. The molecule has 0 aliphatic heterocycles. The second-order valence-electron chi connectivity index (χ2n) is 1.20. The van der Waals surface area contributed by atoms with Crippen molar-refractivity contribution in [3.8, 4) is 6.19 Å². The summed E-state index contributed by atoms with van der Waals surface area (Å²) in [5.41, 5.74) is 0. The van der Waals surface area contributed by atoms with Crippen molar-refractivity contribution in [3.63, 3.8) is 0 Å². The summed E-state index contributed by atoms with van der Waals surface area (Å²) in [5.74, 6) is 0. The maximum absolute atomic E-state index is 10.7. The summed E-state index contributed by atoms with van der Waals surface area (Å²) in [4.78, 5) is 0. The molecule has 0 amide bonds. The highest BCUT2D eigenvalue weighted by atomic mass is 32.2. The fourth-order valence-electron chi connectivity index (χ4n) is 0.124. The molecule has 46 valence electrons. The van der Waals surface area contributed by atoms with Gasteiger partial charge in [0.15, 0.2) is 0 Å². The van der Waals surface area contributed by atoms with E-state index in [0.29, 0.717) is 0 Å². The summed E-state index contributed by atoms with van der Waals surface area (Å²) < 4.78 is 16.1. The van der Waals surface area contributed by atoms with Gasteiger partial charge in [-0.15, -0.1) is 4.36 Å². The van der Waals surface area contributed by atoms with Crippen LogP contribution < -0.4 is 4.72 Å². The van der Waals surface area contributed by atoms with Crippen molar-refractivity contribution in [3.05, 3.63) is 0 Å². The van der Waals surface area contributed by atoms with Crippen molar-refractivity contribution in [1.29, 1.82) is 5.26 Å². The van der Waals surface area contributed by atoms with Gasteiger partial charge in [0.25, 0.3) is 0 Å². The molecule has 5 heteroatoms. The molecule has 1 unspecified atom stereocenters. The van der Waals surface area contributed by atoms with Crippen LogP contribution in [0.15, 0.2) is 4.36 Å². The smallest absolute Gasteiger partial charge is 0.215 e. The van der Waals surface area contributed by atoms with Crippen molar-refractivity contribution in [2.75, 3.05) is 13.3 Å². The minimum Gasteiger partial charge on any atom is -0.234 e. The Morgan fingerprint density at radius 2 is 2.38 bits per heavy atom. The summed E-state index contributed by atoms with van der Waals surface area (Å²) in [6.45, 7) is 0. The van der Waals surface area contributed by atoms with Crippen LogP contribution >= 0.6 is 0 Å². The molecule has 0 fully saturated rings. The van der Waals surface area contributed by atoms with Gasteiger partial charge < -0.3 is 0 Å². The third kappa shape index (κ3) is 2.55. The summed E-state index contributed by atoms with van der Waals surface area (Å²) >= 11 is 0. The normalized spacial score (nSPS) is 16.1. The van der Waals surface area contributed by atoms with Crippen molar-refractivity contribution in [2.45, 2.75) is 0 Å². The molecule has 0 aromatic heterocycles. The van der Waals surface area contributed by atoms with Gasteiger partial charge in [0.05, 0.1) is 0 Å². The van der Waals surface area contributed by atoms with Gasteiger partial charge in [-0.2, -0.15) is 5.26 Å². The molecule has 0 bridgehead atoms. The highest BCUT2D eigenvalue weighted by molar-refractivity contribution is 7.91. The lowest BCUT2D eigenvalue weighted by atomic mass is 11.5. The van der Waals surface area contributed by atoms with E-state index in [9.17, 15) is 4.21 Å². The van der Waals surface area contributed by atoms with Gasteiger partial charge >= 0.3 is 0 Å². The first-order valence-corrected chi connectivity index (χ1v) is 3.83. The lowest BCUT2D eigenvalue weighted by Crippen LogP contribution is -2.15. The van der Waals surface area contributed by atoms with E-state index < -0.39 is 9.92 Å². The summed E-state index contributed by atoms with van der Waals surface area (Å²) in [5, 5.41) is 7.90. The van der Waals surface area contributed by atoms with E-state index in [1.165, 1.54) is 19.5 Å². The van der Waals surface area contributed by atoms with E-state index in [2.05, 4.69) is 9.08 Å². The monoisotopic (exact) mass is 133 g/mol. The summed E-state index contributed by atoms with van der Waals surface area (Å²) in [7, 11) is -0.916. The minimum absolute atomic E-state index is 1.36. The van der Waals surface area contributed by atoms with Crippen LogP contribution in [0.25, 0.3) is 0 Å². The van der Waals surface area contributed by atoms with E-state index in [1.54, 1.807) is 0 Å². The van der Waals surface area contributed by atoms with E-state index >= 15 is 0 Å². The van der Waals surface area contributed by atoms with Crippen LogP contribution in [0, 0.1) is 11.5 Å². The molecule has 0 saturated heterocycles. The Kier molecular flexibility index (Phi) is 2.45. The van der Waals surface area contributed by atoms with Crippen LogP contribution in [0.4, 0.5) is 0 Å². The molecule has 0 aromatic carbocycles. The van der Waals surface area contributed by atoms with Crippen LogP contribution in [0.5, 0.6) is 0 Å². The van der Waals surface area contributed by atoms with E-state index in [1.807, 2.05) is 0 Å².